The van der Waals surface area contributed by atoms with E-state index in [0.29, 0.717) is 4.47 Å². The highest BCUT2D eigenvalue weighted by Gasteiger charge is 2.19. The van der Waals surface area contributed by atoms with Gasteiger partial charge in [0.05, 0.1) is 11.6 Å². The Morgan fingerprint density at radius 3 is 2.69 bits per heavy atom. The summed E-state index contributed by atoms with van der Waals surface area (Å²) in [5, 5.41) is 8.92. The second-order valence-corrected chi connectivity index (χ2v) is 6.28. The summed E-state index contributed by atoms with van der Waals surface area (Å²) in [7, 11) is -3.68. The number of sulfonamides is 1. The maximum absolute atomic E-state index is 11.8. The summed E-state index contributed by atoms with van der Waals surface area (Å²) in [5.41, 5.74) is 0. The van der Waals surface area contributed by atoms with Crippen molar-refractivity contribution in [2.75, 3.05) is 6.61 Å². The molecule has 0 aliphatic carbocycles. The van der Waals surface area contributed by atoms with Crippen LogP contribution >= 0.6 is 27.5 Å². The molecule has 0 aliphatic rings. The van der Waals surface area contributed by atoms with E-state index in [1.165, 1.54) is 12.1 Å². The van der Waals surface area contributed by atoms with Gasteiger partial charge in [0.15, 0.2) is 0 Å². The first-order valence-corrected chi connectivity index (χ1v) is 7.10. The van der Waals surface area contributed by atoms with Crippen LogP contribution in [0.2, 0.25) is 5.02 Å². The van der Waals surface area contributed by atoms with Gasteiger partial charge in [-0.2, -0.15) is 0 Å². The van der Waals surface area contributed by atoms with Gasteiger partial charge < -0.3 is 5.11 Å². The number of aliphatic hydroxyl groups excluding tert-OH is 1. The highest BCUT2D eigenvalue weighted by Crippen LogP contribution is 2.25. The highest BCUT2D eigenvalue weighted by atomic mass is 79.9. The lowest BCUT2D eigenvalue weighted by Gasteiger charge is -2.12. The number of hydrogen-bond donors (Lipinski definition) is 2. The molecule has 1 aromatic carbocycles. The molecule has 2 N–H and O–H groups in total. The molecule has 0 aliphatic heterocycles. The first kappa shape index (κ1) is 13.9. The quantitative estimate of drug-likeness (QED) is 0.885. The maximum atomic E-state index is 11.8. The predicted molar refractivity (Wildman–Crippen MR) is 66.0 cm³/mol. The van der Waals surface area contributed by atoms with Gasteiger partial charge in [-0.05, 0) is 25.1 Å². The SMILES string of the molecule is CC(CO)NS(=O)(=O)c1ccc(Br)cc1Cl. The van der Waals surface area contributed by atoms with Crippen molar-refractivity contribution in [2.24, 2.45) is 0 Å². The zero-order valence-electron chi connectivity index (χ0n) is 8.44. The smallest absolute Gasteiger partial charge is 0.242 e. The van der Waals surface area contributed by atoms with Gasteiger partial charge in [-0.15, -0.1) is 0 Å². The van der Waals surface area contributed by atoms with Crippen molar-refractivity contribution in [3.8, 4) is 0 Å². The molecule has 0 amide bonds. The van der Waals surface area contributed by atoms with Crippen LogP contribution in [0.3, 0.4) is 0 Å². The Kier molecular flexibility index (Phi) is 4.75. The lowest BCUT2D eigenvalue weighted by atomic mass is 10.4. The third kappa shape index (κ3) is 3.43. The molecule has 1 unspecified atom stereocenters. The first-order valence-electron chi connectivity index (χ1n) is 4.45. The third-order valence-corrected chi connectivity index (χ3v) is 4.38. The number of nitrogens with one attached hydrogen (secondary N) is 1. The number of halogens is 2. The molecule has 0 bridgehead atoms. The van der Waals surface area contributed by atoms with Crippen LogP contribution in [-0.2, 0) is 10.0 Å². The van der Waals surface area contributed by atoms with Crippen LogP contribution in [0, 0.1) is 0 Å². The zero-order valence-corrected chi connectivity index (χ0v) is 11.6. The molecule has 0 fully saturated rings. The molecule has 7 heteroatoms. The fourth-order valence-corrected chi connectivity index (χ4v) is 3.33. The van der Waals surface area contributed by atoms with E-state index in [4.69, 9.17) is 16.7 Å². The molecule has 0 spiro atoms. The molecule has 1 aromatic rings. The Bertz CT molecular complexity index is 478. The van der Waals surface area contributed by atoms with Crippen LogP contribution in [-0.4, -0.2) is 26.2 Å². The number of rotatable bonds is 4. The van der Waals surface area contributed by atoms with Crippen molar-refractivity contribution in [2.45, 2.75) is 17.9 Å². The van der Waals surface area contributed by atoms with Crippen molar-refractivity contribution in [1.82, 2.24) is 4.72 Å². The normalized spacial score (nSPS) is 13.8. The van der Waals surface area contributed by atoms with E-state index in [1.54, 1.807) is 13.0 Å². The largest absolute Gasteiger partial charge is 0.395 e. The average Bonchev–Trinajstić information content (AvgIpc) is 2.16. The molecule has 0 saturated heterocycles. The third-order valence-electron chi connectivity index (χ3n) is 1.81. The molecule has 4 nitrogen and oxygen atoms in total. The summed E-state index contributed by atoms with van der Waals surface area (Å²) in [6, 6.07) is 3.94. The average molecular weight is 329 g/mol. The highest BCUT2D eigenvalue weighted by molar-refractivity contribution is 9.10. The maximum Gasteiger partial charge on any atom is 0.242 e. The van der Waals surface area contributed by atoms with Crippen LogP contribution in [0.5, 0.6) is 0 Å². The summed E-state index contributed by atoms with van der Waals surface area (Å²) < 4.78 is 26.6. The van der Waals surface area contributed by atoms with E-state index in [0.717, 1.165) is 0 Å². The minimum Gasteiger partial charge on any atom is -0.395 e. The molecule has 0 aromatic heterocycles. The summed E-state index contributed by atoms with van der Waals surface area (Å²) in [6.07, 6.45) is 0. The van der Waals surface area contributed by atoms with Gasteiger partial charge in [-0.1, -0.05) is 27.5 Å². The summed E-state index contributed by atoms with van der Waals surface area (Å²) in [6.45, 7) is 1.29. The lowest BCUT2D eigenvalue weighted by molar-refractivity contribution is 0.265. The van der Waals surface area contributed by atoms with E-state index in [2.05, 4.69) is 20.7 Å². The number of benzene rings is 1. The van der Waals surface area contributed by atoms with Gasteiger partial charge >= 0.3 is 0 Å². The predicted octanol–water partition coefficient (Wildman–Crippen LogP) is 1.76. The molecule has 1 rings (SSSR count). The summed E-state index contributed by atoms with van der Waals surface area (Å²) in [5.74, 6) is 0. The number of aliphatic hydroxyl groups is 1. The van der Waals surface area contributed by atoms with Crippen molar-refractivity contribution in [3.05, 3.63) is 27.7 Å². The molecule has 0 radical (unpaired) electrons. The Morgan fingerprint density at radius 1 is 1.56 bits per heavy atom. The Hall–Kier alpha value is -0.140. The molecular weight excluding hydrogens is 318 g/mol. The van der Waals surface area contributed by atoms with Crippen molar-refractivity contribution in [3.63, 3.8) is 0 Å². The number of hydrogen-bond acceptors (Lipinski definition) is 3. The van der Waals surface area contributed by atoms with Gasteiger partial charge in [0, 0.05) is 10.5 Å². The fourth-order valence-electron chi connectivity index (χ4n) is 1.06. The van der Waals surface area contributed by atoms with Crippen LogP contribution in [0.4, 0.5) is 0 Å². The molecule has 16 heavy (non-hydrogen) atoms. The lowest BCUT2D eigenvalue weighted by Crippen LogP contribution is -2.35. The van der Waals surface area contributed by atoms with Gasteiger partial charge in [0.1, 0.15) is 4.90 Å². The van der Waals surface area contributed by atoms with E-state index in [-0.39, 0.29) is 16.5 Å². The van der Waals surface area contributed by atoms with E-state index in [9.17, 15) is 8.42 Å². The second kappa shape index (κ2) is 5.46. The van der Waals surface area contributed by atoms with Gasteiger partial charge in [-0.3, -0.25) is 0 Å². The zero-order chi connectivity index (χ0) is 12.3. The standard InChI is InChI=1S/C9H11BrClNO3S/c1-6(5-13)12-16(14,15)9-3-2-7(10)4-8(9)11/h2-4,6,12-13H,5H2,1H3. The Labute approximate surface area is 108 Å². The van der Waals surface area contributed by atoms with Crippen molar-refractivity contribution >= 4 is 37.6 Å². The minimum atomic E-state index is -3.68. The summed E-state index contributed by atoms with van der Waals surface area (Å²) in [4.78, 5) is -0.00216. The van der Waals surface area contributed by atoms with E-state index >= 15 is 0 Å². The van der Waals surface area contributed by atoms with Crippen LogP contribution in [0.1, 0.15) is 6.92 Å². The summed E-state index contributed by atoms with van der Waals surface area (Å²) >= 11 is 9.02. The van der Waals surface area contributed by atoms with E-state index < -0.39 is 16.1 Å². The van der Waals surface area contributed by atoms with E-state index in [1.807, 2.05) is 0 Å². The topological polar surface area (TPSA) is 66.4 Å². The monoisotopic (exact) mass is 327 g/mol. The van der Waals surface area contributed by atoms with Gasteiger partial charge in [0.25, 0.3) is 0 Å². The molecule has 0 saturated carbocycles. The van der Waals surface area contributed by atoms with Gasteiger partial charge in [0.2, 0.25) is 10.0 Å². The van der Waals surface area contributed by atoms with Crippen molar-refractivity contribution < 1.29 is 13.5 Å². The minimum absolute atomic E-state index is 0.00216. The fraction of sp³-hybridized carbons (Fsp3) is 0.333. The molecule has 0 heterocycles. The van der Waals surface area contributed by atoms with Crippen LogP contribution in [0.15, 0.2) is 27.6 Å². The molecule has 1 atom stereocenters. The van der Waals surface area contributed by atoms with Crippen LogP contribution < -0.4 is 4.72 Å². The van der Waals surface area contributed by atoms with Crippen molar-refractivity contribution in [1.29, 1.82) is 0 Å². The molecular formula is C9H11BrClNO3S. The second-order valence-electron chi connectivity index (χ2n) is 3.28. The molecule has 90 valence electrons. The van der Waals surface area contributed by atoms with Gasteiger partial charge in [-0.25, -0.2) is 13.1 Å². The Balaban J connectivity index is 3.08. The first-order chi connectivity index (χ1) is 7.36. The Morgan fingerprint density at radius 2 is 2.19 bits per heavy atom. The van der Waals surface area contributed by atoms with Crippen LogP contribution in [0.25, 0.3) is 0 Å².